The van der Waals surface area contributed by atoms with E-state index in [1.54, 1.807) is 12.1 Å². The third-order valence-corrected chi connectivity index (χ3v) is 8.31. The first-order chi connectivity index (χ1) is 16.5. The normalized spacial score (nSPS) is 16.6. The first-order valence-corrected chi connectivity index (χ1v) is 13.0. The molecule has 1 aliphatic rings. The Morgan fingerprint density at radius 1 is 0.914 bits per heavy atom. The Balaban J connectivity index is 1.63. The predicted octanol–water partition coefficient (Wildman–Crippen LogP) is 4.39. The van der Waals surface area contributed by atoms with Crippen LogP contribution in [0.4, 0.5) is 8.78 Å². The molecule has 0 saturated carbocycles. The van der Waals surface area contributed by atoms with E-state index in [1.165, 1.54) is 12.1 Å². The van der Waals surface area contributed by atoms with Gasteiger partial charge in [-0.2, -0.15) is 17.2 Å². The van der Waals surface area contributed by atoms with Gasteiger partial charge in [0.05, 0.1) is 24.1 Å². The van der Waals surface area contributed by atoms with Crippen molar-refractivity contribution in [3.63, 3.8) is 0 Å². The van der Waals surface area contributed by atoms with Crippen LogP contribution in [0.1, 0.15) is 12.5 Å². The zero-order valence-corrected chi connectivity index (χ0v) is 20.0. The summed E-state index contributed by atoms with van der Waals surface area (Å²) in [5.41, 5.74) is 0.873. The summed E-state index contributed by atoms with van der Waals surface area (Å²) in [7, 11) is -6.55. The Kier molecular flexibility index (Phi) is 6.98. The van der Waals surface area contributed by atoms with Gasteiger partial charge in [-0.15, -0.1) is 0 Å². The summed E-state index contributed by atoms with van der Waals surface area (Å²) >= 11 is 0. The molecule has 0 aliphatic carbocycles. The average molecular weight is 524 g/mol. The van der Waals surface area contributed by atoms with Crippen LogP contribution in [0.3, 0.4) is 0 Å². The summed E-state index contributed by atoms with van der Waals surface area (Å²) in [5, 5.41) is -5.08. The molecule has 184 valence electrons. The summed E-state index contributed by atoms with van der Waals surface area (Å²) in [6.07, 6.45) is 0. The van der Waals surface area contributed by atoms with Gasteiger partial charge in [-0.1, -0.05) is 18.2 Å². The maximum atomic E-state index is 13.5. The molecule has 35 heavy (non-hydrogen) atoms. The molecule has 0 bridgehead atoms. The number of ether oxygens (including phenoxy) is 3. The van der Waals surface area contributed by atoms with Crippen molar-refractivity contribution in [2.75, 3.05) is 13.2 Å². The predicted molar refractivity (Wildman–Crippen MR) is 123 cm³/mol. The van der Waals surface area contributed by atoms with Crippen molar-refractivity contribution >= 4 is 27.0 Å². The molecule has 1 aliphatic heterocycles. The van der Waals surface area contributed by atoms with Crippen LogP contribution in [-0.4, -0.2) is 37.4 Å². The number of benzene rings is 3. The lowest BCUT2D eigenvalue weighted by atomic mass is 10.1. The molecule has 1 atom stereocenters. The van der Waals surface area contributed by atoms with E-state index >= 15 is 0 Å². The van der Waals surface area contributed by atoms with E-state index in [9.17, 15) is 22.0 Å². The molecule has 7 nitrogen and oxygen atoms in total. The fourth-order valence-electron chi connectivity index (χ4n) is 3.46. The zero-order valence-electron chi connectivity index (χ0n) is 18.4. The third-order valence-electron chi connectivity index (χ3n) is 5.26. The maximum Gasteiger partial charge on any atom is 0.466 e. The van der Waals surface area contributed by atoms with Crippen LogP contribution in [0.5, 0.6) is 5.75 Å². The highest BCUT2D eigenvalue weighted by Crippen LogP contribution is 2.36. The minimum atomic E-state index is -5.95. The quantitative estimate of drug-likeness (QED) is 0.212. The number of alkyl halides is 2. The Bertz CT molecular complexity index is 1290. The van der Waals surface area contributed by atoms with Gasteiger partial charge in [-0.3, -0.25) is 4.55 Å². The van der Waals surface area contributed by atoms with Crippen molar-refractivity contribution in [2.45, 2.75) is 32.7 Å². The highest BCUT2D eigenvalue weighted by atomic mass is 32.2. The molecule has 0 amide bonds. The van der Waals surface area contributed by atoms with Crippen LogP contribution in [0.25, 0.3) is 0 Å². The number of halogens is 2. The Morgan fingerprint density at radius 3 is 1.91 bits per heavy atom. The van der Waals surface area contributed by atoms with Crippen LogP contribution in [0, 0.1) is 0 Å². The van der Waals surface area contributed by atoms with Crippen LogP contribution in [0.15, 0.2) is 93.5 Å². The molecule has 1 fully saturated rings. The summed E-state index contributed by atoms with van der Waals surface area (Å²) in [6, 6.07) is 23.2. The largest absolute Gasteiger partial charge is 0.466 e. The van der Waals surface area contributed by atoms with Crippen LogP contribution in [-0.2, 0) is 41.1 Å². The zero-order chi connectivity index (χ0) is 25.3. The molecule has 1 heterocycles. The highest BCUT2D eigenvalue weighted by molar-refractivity contribution is 7.97. The molecular formula is C24H21F2O7S2+. The molecule has 1 N–H and O–H groups in total. The van der Waals surface area contributed by atoms with Crippen molar-refractivity contribution in [1.29, 1.82) is 0 Å². The van der Waals surface area contributed by atoms with Crippen molar-refractivity contribution in [3.8, 4) is 5.75 Å². The molecule has 4 rings (SSSR count). The van der Waals surface area contributed by atoms with Crippen molar-refractivity contribution in [3.05, 3.63) is 84.4 Å². The number of hydrogen-bond donors (Lipinski definition) is 1. The fraction of sp³-hybridized carbons (Fsp3) is 0.208. The van der Waals surface area contributed by atoms with Crippen LogP contribution >= 0.6 is 0 Å². The van der Waals surface area contributed by atoms with Gasteiger partial charge in [0.2, 0.25) is 0 Å². The SMILES string of the molecule is CC1(c2ccc([S+](c3ccccc3)c3ccc(OC(=O)C(F)(F)S(=O)(=O)O)cc3)cc2)OCCO1. The maximum absolute atomic E-state index is 13.5. The summed E-state index contributed by atoms with van der Waals surface area (Å²) in [4.78, 5) is 14.3. The molecule has 3 aromatic rings. The summed E-state index contributed by atoms with van der Waals surface area (Å²) < 4.78 is 73.0. The molecule has 0 spiro atoms. The fourth-order valence-corrected chi connectivity index (χ4v) is 5.77. The Morgan fingerprint density at radius 2 is 1.40 bits per heavy atom. The van der Waals surface area contributed by atoms with E-state index in [0.717, 1.165) is 20.2 Å². The van der Waals surface area contributed by atoms with Crippen LogP contribution in [0.2, 0.25) is 0 Å². The van der Waals surface area contributed by atoms with E-state index < -0.39 is 38.0 Å². The minimum absolute atomic E-state index is 0.294. The average Bonchev–Trinajstić information content (AvgIpc) is 3.28. The monoisotopic (exact) mass is 523 g/mol. The number of carbonyl (C=O) groups is 1. The first-order valence-electron chi connectivity index (χ1n) is 10.4. The van der Waals surface area contributed by atoms with Gasteiger partial charge in [0.25, 0.3) is 0 Å². The highest BCUT2D eigenvalue weighted by Gasteiger charge is 2.54. The lowest BCUT2D eigenvalue weighted by Crippen LogP contribution is -2.40. The molecule has 3 aromatic carbocycles. The summed E-state index contributed by atoms with van der Waals surface area (Å²) in [5.74, 6) is -3.49. The van der Waals surface area contributed by atoms with Crippen molar-refractivity contribution in [1.82, 2.24) is 0 Å². The first kappa shape index (κ1) is 25.3. The van der Waals surface area contributed by atoms with Crippen molar-refractivity contribution < 1.29 is 40.8 Å². The van der Waals surface area contributed by atoms with Gasteiger partial charge in [-0.25, -0.2) is 4.79 Å². The molecule has 11 heteroatoms. The van der Waals surface area contributed by atoms with E-state index in [2.05, 4.69) is 4.74 Å². The second kappa shape index (κ2) is 9.67. The number of esters is 1. The number of hydrogen-bond acceptors (Lipinski definition) is 6. The second-order valence-electron chi connectivity index (χ2n) is 7.64. The van der Waals surface area contributed by atoms with Gasteiger partial charge in [0.1, 0.15) is 5.75 Å². The van der Waals surface area contributed by atoms with Gasteiger partial charge in [-0.05, 0) is 67.6 Å². The smallest absolute Gasteiger partial charge is 0.421 e. The van der Waals surface area contributed by atoms with E-state index in [0.29, 0.717) is 13.2 Å². The molecule has 1 saturated heterocycles. The van der Waals surface area contributed by atoms with E-state index in [-0.39, 0.29) is 5.75 Å². The van der Waals surface area contributed by atoms with Gasteiger partial charge < -0.3 is 14.2 Å². The molecule has 0 aromatic heterocycles. The van der Waals surface area contributed by atoms with E-state index in [1.807, 2.05) is 61.5 Å². The van der Waals surface area contributed by atoms with Crippen LogP contribution < -0.4 is 4.74 Å². The summed E-state index contributed by atoms with van der Waals surface area (Å²) in [6.45, 7) is 2.89. The lowest BCUT2D eigenvalue weighted by molar-refractivity contribution is -0.151. The molecular weight excluding hydrogens is 502 g/mol. The molecule has 1 unspecified atom stereocenters. The lowest BCUT2D eigenvalue weighted by Gasteiger charge is -2.22. The number of carbonyl (C=O) groups excluding carboxylic acids is 1. The standard InChI is InChI=1S/C24H20F2O7S2/c1-23(31-15-16-32-23)17-7-11-20(12-8-17)34(19-5-3-2-4-6-19)21-13-9-18(10-14-21)33-22(27)24(25,26)35(28,29)30/h2-14H,15-16H2,1H3/p+1. The Hall–Kier alpha value is -2.83. The third kappa shape index (κ3) is 5.24. The van der Waals surface area contributed by atoms with Crippen molar-refractivity contribution in [2.24, 2.45) is 0 Å². The second-order valence-corrected chi connectivity index (χ2v) is 11.1. The topological polar surface area (TPSA) is 99.1 Å². The van der Waals surface area contributed by atoms with Gasteiger partial charge >= 0.3 is 21.3 Å². The Labute approximate surface area is 203 Å². The van der Waals surface area contributed by atoms with Gasteiger partial charge in [0.15, 0.2) is 20.5 Å². The van der Waals surface area contributed by atoms with E-state index in [4.69, 9.17) is 14.0 Å². The number of rotatable bonds is 7. The minimum Gasteiger partial charge on any atom is -0.421 e. The molecule has 0 radical (unpaired) electrons. The van der Waals surface area contributed by atoms with Gasteiger partial charge in [0, 0.05) is 5.56 Å².